The van der Waals surface area contributed by atoms with Crippen molar-refractivity contribution in [1.29, 1.82) is 0 Å². The molecule has 1 unspecified atom stereocenters. The molecule has 0 fully saturated rings. The lowest BCUT2D eigenvalue weighted by Crippen LogP contribution is -2.26. The van der Waals surface area contributed by atoms with Gasteiger partial charge in [0.15, 0.2) is 6.73 Å². The fourth-order valence-corrected chi connectivity index (χ4v) is 1.22. The summed E-state index contributed by atoms with van der Waals surface area (Å²) in [5.74, 6) is 5.88. The minimum absolute atomic E-state index is 0.187. The Labute approximate surface area is 114 Å². The highest BCUT2D eigenvalue weighted by Gasteiger charge is 1.98. The van der Waals surface area contributed by atoms with Gasteiger partial charge in [0, 0.05) is 6.04 Å². The van der Waals surface area contributed by atoms with Crippen LogP contribution in [0.2, 0.25) is 0 Å². The van der Waals surface area contributed by atoms with Crippen LogP contribution in [-0.4, -0.2) is 24.4 Å². The van der Waals surface area contributed by atoms with Crippen LogP contribution < -0.4 is 21.7 Å². The van der Waals surface area contributed by atoms with Crippen molar-refractivity contribution in [2.24, 2.45) is 11.6 Å². The van der Waals surface area contributed by atoms with Crippen LogP contribution in [0.15, 0.2) is 24.3 Å². The average Bonchev–Trinajstić information content (AvgIpc) is 2.40. The molecule has 0 saturated heterocycles. The average molecular weight is 271 g/mol. The van der Waals surface area contributed by atoms with Crippen LogP contribution in [0.3, 0.4) is 0 Å². The first-order valence-corrected chi connectivity index (χ1v) is 6.12. The standard InChI is InChI=1S/C10H17N3O.C2H6.CH2O2/c1-8(11)6-9-2-4-10(5-3-9)14-7-13-12;1-2;2-1-3/h2-5,8,13H,6-7,11-12H2,1H3;1-2H3;1H,(H,2,3). The van der Waals surface area contributed by atoms with E-state index in [-0.39, 0.29) is 12.5 Å². The number of benzene rings is 1. The lowest BCUT2D eigenvalue weighted by molar-refractivity contribution is -0.122. The summed E-state index contributed by atoms with van der Waals surface area (Å²) in [5.41, 5.74) is 9.32. The Morgan fingerprint density at radius 1 is 1.37 bits per heavy atom. The fourth-order valence-electron chi connectivity index (χ4n) is 1.22. The summed E-state index contributed by atoms with van der Waals surface area (Å²) in [7, 11) is 0. The molecule has 1 aromatic rings. The van der Waals surface area contributed by atoms with Gasteiger partial charge in [0.2, 0.25) is 0 Å². The highest BCUT2D eigenvalue weighted by molar-refractivity contribution is 5.32. The van der Waals surface area contributed by atoms with Gasteiger partial charge in [-0.1, -0.05) is 26.0 Å². The topological polar surface area (TPSA) is 111 Å². The normalized spacial score (nSPS) is 10.2. The molecule has 0 aliphatic carbocycles. The number of nitrogens with one attached hydrogen (secondary N) is 1. The van der Waals surface area contributed by atoms with E-state index in [4.69, 9.17) is 26.2 Å². The Morgan fingerprint density at radius 3 is 2.21 bits per heavy atom. The first-order valence-electron chi connectivity index (χ1n) is 6.12. The van der Waals surface area contributed by atoms with Gasteiger partial charge in [-0.2, -0.15) is 0 Å². The van der Waals surface area contributed by atoms with Gasteiger partial charge >= 0.3 is 0 Å². The number of ether oxygens (including phenoxy) is 1. The number of hydrogen-bond donors (Lipinski definition) is 4. The lowest BCUT2D eigenvalue weighted by Gasteiger charge is -2.07. The molecule has 0 heterocycles. The number of rotatable bonds is 5. The van der Waals surface area contributed by atoms with Crippen molar-refractivity contribution < 1.29 is 14.6 Å². The summed E-state index contributed by atoms with van der Waals surface area (Å²) < 4.78 is 5.25. The predicted molar refractivity (Wildman–Crippen MR) is 76.7 cm³/mol. The Hall–Kier alpha value is -1.63. The quantitative estimate of drug-likeness (QED) is 0.276. The zero-order chi connectivity index (χ0) is 15.1. The van der Waals surface area contributed by atoms with Crippen LogP contribution in [0.5, 0.6) is 5.75 Å². The Morgan fingerprint density at radius 2 is 1.84 bits per heavy atom. The first kappa shape index (κ1) is 19.7. The maximum Gasteiger partial charge on any atom is 0.290 e. The van der Waals surface area contributed by atoms with Crippen LogP contribution >= 0.6 is 0 Å². The molecule has 110 valence electrons. The van der Waals surface area contributed by atoms with Gasteiger partial charge in [-0.05, 0) is 31.0 Å². The third-order valence-corrected chi connectivity index (χ3v) is 1.80. The van der Waals surface area contributed by atoms with E-state index in [9.17, 15) is 0 Å². The van der Waals surface area contributed by atoms with Crippen molar-refractivity contribution in [2.45, 2.75) is 33.2 Å². The molecule has 6 nitrogen and oxygen atoms in total. The number of nitrogens with two attached hydrogens (primary N) is 2. The molecule has 0 aromatic heterocycles. The van der Waals surface area contributed by atoms with Gasteiger partial charge < -0.3 is 15.6 Å². The molecule has 19 heavy (non-hydrogen) atoms. The maximum atomic E-state index is 8.36. The molecular formula is C13H25N3O3. The van der Waals surface area contributed by atoms with Gasteiger partial charge in [-0.3, -0.25) is 10.6 Å². The third-order valence-electron chi connectivity index (χ3n) is 1.80. The fraction of sp³-hybridized carbons (Fsp3) is 0.462. The third kappa shape index (κ3) is 12.6. The molecule has 6 N–H and O–H groups in total. The van der Waals surface area contributed by atoms with E-state index in [1.807, 2.05) is 45.0 Å². The van der Waals surface area contributed by atoms with Crippen LogP contribution in [0.25, 0.3) is 0 Å². The van der Waals surface area contributed by atoms with E-state index in [0.29, 0.717) is 6.73 Å². The van der Waals surface area contributed by atoms with E-state index in [2.05, 4.69) is 5.43 Å². The van der Waals surface area contributed by atoms with E-state index < -0.39 is 0 Å². The minimum Gasteiger partial charge on any atom is -0.483 e. The van der Waals surface area contributed by atoms with Gasteiger partial charge in [0.05, 0.1) is 0 Å². The molecule has 1 rings (SSSR count). The van der Waals surface area contributed by atoms with Crippen LogP contribution in [-0.2, 0) is 11.2 Å². The molecule has 6 heteroatoms. The molecule has 1 aromatic carbocycles. The van der Waals surface area contributed by atoms with Crippen LogP contribution in [0.4, 0.5) is 0 Å². The minimum atomic E-state index is -0.250. The van der Waals surface area contributed by atoms with E-state index in [0.717, 1.165) is 12.2 Å². The molecule has 0 amide bonds. The van der Waals surface area contributed by atoms with Crippen molar-refractivity contribution in [3.63, 3.8) is 0 Å². The second kappa shape index (κ2) is 14.4. The number of hydrazine groups is 1. The summed E-state index contributed by atoms with van der Waals surface area (Å²) in [6.45, 7) is 6.05. The number of carboxylic acid groups (broad SMARTS) is 1. The molecule has 1 atom stereocenters. The summed E-state index contributed by atoms with van der Waals surface area (Å²) >= 11 is 0. The first-order chi connectivity index (χ1) is 9.13. The van der Waals surface area contributed by atoms with Crippen molar-refractivity contribution in [3.05, 3.63) is 29.8 Å². The molecule has 0 radical (unpaired) electrons. The van der Waals surface area contributed by atoms with Crippen molar-refractivity contribution >= 4 is 6.47 Å². The van der Waals surface area contributed by atoms with E-state index >= 15 is 0 Å². The Kier molecular flexibility index (Phi) is 15.0. The second-order valence-electron chi connectivity index (χ2n) is 3.42. The Balaban J connectivity index is 0. The van der Waals surface area contributed by atoms with Crippen molar-refractivity contribution in [1.82, 2.24) is 5.43 Å². The molecule has 0 aliphatic rings. The van der Waals surface area contributed by atoms with Gasteiger partial charge in [0.25, 0.3) is 6.47 Å². The van der Waals surface area contributed by atoms with Crippen LogP contribution in [0, 0.1) is 0 Å². The zero-order valence-corrected chi connectivity index (χ0v) is 11.8. The van der Waals surface area contributed by atoms with Crippen molar-refractivity contribution in [2.75, 3.05) is 6.73 Å². The second-order valence-corrected chi connectivity index (χ2v) is 3.42. The van der Waals surface area contributed by atoms with Gasteiger partial charge in [0.1, 0.15) is 5.75 Å². The largest absolute Gasteiger partial charge is 0.483 e. The number of carbonyl (C=O) groups is 1. The smallest absolute Gasteiger partial charge is 0.290 e. The summed E-state index contributed by atoms with van der Waals surface area (Å²) in [6.07, 6.45) is 0.884. The molecule has 0 spiro atoms. The lowest BCUT2D eigenvalue weighted by atomic mass is 10.1. The maximum absolute atomic E-state index is 8.36. The zero-order valence-electron chi connectivity index (χ0n) is 11.8. The van der Waals surface area contributed by atoms with Crippen molar-refractivity contribution in [3.8, 4) is 5.75 Å². The summed E-state index contributed by atoms with van der Waals surface area (Å²) in [6, 6.07) is 8.03. The summed E-state index contributed by atoms with van der Waals surface area (Å²) in [5, 5.41) is 6.89. The molecular weight excluding hydrogens is 246 g/mol. The molecule has 0 aliphatic heterocycles. The van der Waals surface area contributed by atoms with E-state index in [1.54, 1.807) is 0 Å². The molecule has 0 saturated carbocycles. The molecule has 0 bridgehead atoms. The summed E-state index contributed by atoms with van der Waals surface area (Å²) in [4.78, 5) is 8.36. The predicted octanol–water partition coefficient (Wildman–Crippen LogP) is 1.10. The Bertz CT molecular complexity index is 303. The highest BCUT2D eigenvalue weighted by Crippen LogP contribution is 2.12. The van der Waals surface area contributed by atoms with Crippen LogP contribution in [0.1, 0.15) is 26.3 Å². The monoisotopic (exact) mass is 271 g/mol. The number of hydrogen-bond acceptors (Lipinski definition) is 5. The van der Waals surface area contributed by atoms with Gasteiger partial charge in [-0.15, -0.1) is 0 Å². The van der Waals surface area contributed by atoms with Gasteiger partial charge in [-0.25, -0.2) is 5.43 Å². The SMILES string of the molecule is CC.CC(N)Cc1ccc(OCNN)cc1.O=CO. The highest BCUT2D eigenvalue weighted by atomic mass is 16.5. The van der Waals surface area contributed by atoms with E-state index in [1.165, 1.54) is 5.56 Å².